The van der Waals surface area contributed by atoms with Gasteiger partial charge in [-0.25, -0.2) is 0 Å². The van der Waals surface area contributed by atoms with E-state index < -0.39 is 0 Å². The minimum absolute atomic E-state index is 0.342. The first-order valence-corrected chi connectivity index (χ1v) is 7.52. The molecule has 0 radical (unpaired) electrons. The smallest absolute Gasteiger partial charge is 0.189 e. The predicted molar refractivity (Wildman–Crippen MR) is 79.5 cm³/mol. The number of nitrogen functional groups attached to an aromatic ring is 1. The summed E-state index contributed by atoms with van der Waals surface area (Å²) in [5.41, 5.74) is 9.09. The number of ether oxygens (including phenoxy) is 2. The van der Waals surface area contributed by atoms with E-state index in [-0.39, 0.29) is 0 Å². The van der Waals surface area contributed by atoms with Gasteiger partial charge < -0.3 is 15.2 Å². The van der Waals surface area contributed by atoms with Crippen LogP contribution in [0.4, 0.5) is 5.69 Å². The van der Waals surface area contributed by atoms with Crippen molar-refractivity contribution in [3.05, 3.63) is 23.3 Å². The number of benzene rings is 1. The van der Waals surface area contributed by atoms with Gasteiger partial charge in [0, 0.05) is 35.4 Å². The molecule has 0 spiro atoms. The molecule has 2 aliphatic rings. The number of hydrogen-bond donors (Lipinski definition) is 1. The molecular weight excluding hydrogens is 252 g/mol. The maximum absolute atomic E-state index is 6.03. The molecule has 20 heavy (non-hydrogen) atoms. The highest BCUT2D eigenvalue weighted by Crippen LogP contribution is 2.34. The summed E-state index contributed by atoms with van der Waals surface area (Å²) < 4.78 is 11.1. The van der Waals surface area contributed by atoms with Gasteiger partial charge in [0.15, 0.2) is 6.79 Å². The van der Waals surface area contributed by atoms with Gasteiger partial charge in [-0.05, 0) is 38.8 Å². The van der Waals surface area contributed by atoms with Crippen molar-refractivity contribution in [3.8, 4) is 5.75 Å². The molecule has 4 nitrogen and oxygen atoms in total. The lowest BCUT2D eigenvalue weighted by atomic mass is 9.96. The van der Waals surface area contributed by atoms with Crippen LogP contribution < -0.4 is 10.5 Å². The molecule has 1 fully saturated rings. The maximum atomic E-state index is 6.03. The van der Waals surface area contributed by atoms with Gasteiger partial charge in [0.25, 0.3) is 0 Å². The largest absolute Gasteiger partial charge is 0.467 e. The average molecular weight is 276 g/mol. The van der Waals surface area contributed by atoms with Crippen molar-refractivity contribution in [1.82, 2.24) is 4.90 Å². The van der Waals surface area contributed by atoms with Gasteiger partial charge in [0.1, 0.15) is 5.75 Å². The summed E-state index contributed by atoms with van der Waals surface area (Å²) in [6, 6.07) is 5.26. The van der Waals surface area contributed by atoms with Crippen LogP contribution >= 0.6 is 0 Å². The molecule has 3 rings (SSSR count). The minimum atomic E-state index is 0.342. The lowest BCUT2D eigenvalue weighted by molar-refractivity contribution is -0.0180. The lowest BCUT2D eigenvalue weighted by Gasteiger charge is -2.39. The second-order valence-electron chi connectivity index (χ2n) is 6.08. The van der Waals surface area contributed by atoms with Crippen molar-refractivity contribution in [2.45, 2.75) is 58.3 Å². The number of rotatable bonds is 2. The fourth-order valence-corrected chi connectivity index (χ4v) is 3.43. The van der Waals surface area contributed by atoms with E-state index in [9.17, 15) is 0 Å². The zero-order valence-corrected chi connectivity index (χ0v) is 12.4. The van der Waals surface area contributed by atoms with Crippen LogP contribution in [0, 0.1) is 0 Å². The molecule has 0 amide bonds. The van der Waals surface area contributed by atoms with E-state index in [0.29, 0.717) is 25.5 Å². The molecule has 0 bridgehead atoms. The van der Waals surface area contributed by atoms with Crippen molar-refractivity contribution < 1.29 is 9.47 Å². The van der Waals surface area contributed by atoms with Gasteiger partial charge in [-0.15, -0.1) is 0 Å². The summed E-state index contributed by atoms with van der Waals surface area (Å²) in [6.45, 7) is 6.49. The number of hydrogen-bond acceptors (Lipinski definition) is 4. The Morgan fingerprint density at radius 2 is 2.00 bits per heavy atom. The number of nitrogens with two attached hydrogens (primary N) is 1. The molecule has 2 atom stereocenters. The number of anilines is 1. The Balaban J connectivity index is 1.88. The third-order valence-corrected chi connectivity index (χ3v) is 4.54. The minimum Gasteiger partial charge on any atom is -0.467 e. The molecule has 110 valence electrons. The van der Waals surface area contributed by atoms with Crippen molar-refractivity contribution in [3.63, 3.8) is 0 Å². The molecule has 1 aromatic carbocycles. The van der Waals surface area contributed by atoms with E-state index >= 15 is 0 Å². The van der Waals surface area contributed by atoms with Crippen LogP contribution in [0.1, 0.15) is 44.2 Å². The van der Waals surface area contributed by atoms with Crippen LogP contribution in [-0.4, -0.2) is 23.8 Å². The standard InChI is InChI=1S/C16H24N2O2/c1-11-4-3-5-12(2)18(11)8-13-6-15(17)7-14-9-19-10-20-16(13)14/h6-7,11-12H,3-5,8-10,17H2,1-2H3. The van der Waals surface area contributed by atoms with Gasteiger partial charge >= 0.3 is 0 Å². The zero-order valence-electron chi connectivity index (χ0n) is 12.4. The molecule has 2 unspecified atom stereocenters. The highest BCUT2D eigenvalue weighted by molar-refractivity contribution is 5.53. The number of fused-ring (bicyclic) bond motifs is 1. The summed E-state index contributed by atoms with van der Waals surface area (Å²) >= 11 is 0. The van der Waals surface area contributed by atoms with Gasteiger partial charge in [-0.2, -0.15) is 0 Å². The second-order valence-corrected chi connectivity index (χ2v) is 6.08. The molecule has 2 heterocycles. The molecule has 0 saturated carbocycles. The molecule has 1 aromatic rings. The molecule has 1 saturated heterocycles. The Labute approximate surface area is 120 Å². The quantitative estimate of drug-likeness (QED) is 0.844. The summed E-state index contributed by atoms with van der Waals surface area (Å²) in [4.78, 5) is 2.57. The molecule has 0 aliphatic carbocycles. The highest BCUT2D eigenvalue weighted by atomic mass is 16.7. The van der Waals surface area contributed by atoms with Gasteiger partial charge in [0.05, 0.1) is 6.61 Å². The van der Waals surface area contributed by atoms with E-state index in [0.717, 1.165) is 23.5 Å². The van der Waals surface area contributed by atoms with Crippen LogP contribution in [0.5, 0.6) is 5.75 Å². The molecule has 2 N–H and O–H groups in total. The number of likely N-dealkylation sites (tertiary alicyclic amines) is 1. The third-order valence-electron chi connectivity index (χ3n) is 4.54. The monoisotopic (exact) mass is 276 g/mol. The second kappa shape index (κ2) is 5.62. The fourth-order valence-electron chi connectivity index (χ4n) is 3.43. The van der Waals surface area contributed by atoms with Gasteiger partial charge in [-0.1, -0.05) is 6.42 Å². The summed E-state index contributed by atoms with van der Waals surface area (Å²) in [7, 11) is 0. The van der Waals surface area contributed by atoms with E-state index in [2.05, 4.69) is 24.8 Å². The Morgan fingerprint density at radius 1 is 1.25 bits per heavy atom. The van der Waals surface area contributed by atoms with Crippen molar-refractivity contribution in [2.24, 2.45) is 0 Å². The van der Waals surface area contributed by atoms with Crippen LogP contribution in [0.2, 0.25) is 0 Å². The highest BCUT2D eigenvalue weighted by Gasteiger charge is 2.26. The Kier molecular flexibility index (Phi) is 3.85. The summed E-state index contributed by atoms with van der Waals surface area (Å²) in [5.74, 6) is 0.982. The molecule has 0 aromatic heterocycles. The van der Waals surface area contributed by atoms with Crippen molar-refractivity contribution in [2.75, 3.05) is 12.5 Å². The topological polar surface area (TPSA) is 47.7 Å². The fraction of sp³-hybridized carbons (Fsp3) is 0.625. The van der Waals surface area contributed by atoms with Gasteiger partial charge in [0.2, 0.25) is 0 Å². The summed E-state index contributed by atoms with van der Waals surface area (Å²) in [6.07, 6.45) is 3.88. The van der Waals surface area contributed by atoms with Crippen LogP contribution in [0.25, 0.3) is 0 Å². The van der Waals surface area contributed by atoms with Crippen molar-refractivity contribution >= 4 is 5.69 Å². The van der Waals surface area contributed by atoms with E-state index in [1.165, 1.54) is 24.8 Å². The Hall–Kier alpha value is -1.26. The average Bonchev–Trinajstić information content (AvgIpc) is 2.42. The van der Waals surface area contributed by atoms with Gasteiger partial charge in [-0.3, -0.25) is 4.90 Å². The molecular formula is C16H24N2O2. The third kappa shape index (κ3) is 2.63. The Bertz CT molecular complexity index is 480. The Morgan fingerprint density at radius 3 is 2.75 bits per heavy atom. The zero-order chi connectivity index (χ0) is 14.1. The molecule has 4 heteroatoms. The van der Waals surface area contributed by atoms with Crippen molar-refractivity contribution in [1.29, 1.82) is 0 Å². The maximum Gasteiger partial charge on any atom is 0.189 e. The van der Waals surface area contributed by atoms with E-state index in [1.54, 1.807) is 0 Å². The van der Waals surface area contributed by atoms with Crippen LogP contribution in [0.3, 0.4) is 0 Å². The molecule has 2 aliphatic heterocycles. The van der Waals surface area contributed by atoms with E-state index in [1.807, 2.05) is 6.07 Å². The van der Waals surface area contributed by atoms with Crippen LogP contribution in [-0.2, 0) is 17.9 Å². The van der Waals surface area contributed by atoms with Crippen LogP contribution in [0.15, 0.2) is 12.1 Å². The summed E-state index contributed by atoms with van der Waals surface area (Å²) in [5, 5.41) is 0. The normalized spacial score (nSPS) is 26.9. The first kappa shape index (κ1) is 13.7. The number of piperidine rings is 1. The first-order valence-electron chi connectivity index (χ1n) is 7.52. The number of nitrogens with zero attached hydrogens (tertiary/aromatic N) is 1. The SMILES string of the molecule is CC1CCCC(C)N1Cc1cc(N)cc2c1OCOC2. The predicted octanol–water partition coefficient (Wildman–Crippen LogP) is 2.90. The first-order chi connectivity index (χ1) is 9.65. The lowest BCUT2D eigenvalue weighted by Crippen LogP contribution is -2.43. The van der Waals surface area contributed by atoms with E-state index in [4.69, 9.17) is 15.2 Å².